The van der Waals surface area contributed by atoms with Crippen LogP contribution in [-0.2, 0) is 10.0 Å². The maximum absolute atomic E-state index is 13.2. The van der Waals surface area contributed by atoms with Gasteiger partial charge < -0.3 is 10.3 Å². The van der Waals surface area contributed by atoms with Crippen LogP contribution in [0.5, 0.6) is 0 Å². The van der Waals surface area contributed by atoms with E-state index < -0.39 is 10.0 Å². The van der Waals surface area contributed by atoms with E-state index in [0.29, 0.717) is 24.3 Å². The van der Waals surface area contributed by atoms with Gasteiger partial charge in [-0.05, 0) is 61.4 Å². The van der Waals surface area contributed by atoms with Crippen molar-refractivity contribution in [2.45, 2.75) is 44.4 Å². The van der Waals surface area contributed by atoms with Crippen LogP contribution in [0.3, 0.4) is 0 Å². The van der Waals surface area contributed by atoms with Gasteiger partial charge in [-0.15, -0.1) is 0 Å². The Morgan fingerprint density at radius 2 is 1.61 bits per heavy atom. The number of imidazole rings is 1. The second kappa shape index (κ2) is 11.5. The summed E-state index contributed by atoms with van der Waals surface area (Å²) in [4.78, 5) is 21.0. The number of fused-ring (bicyclic) bond motifs is 1. The molecule has 1 aromatic heterocycles. The van der Waals surface area contributed by atoms with Crippen LogP contribution >= 0.6 is 0 Å². The molecule has 0 bridgehead atoms. The first kappa shape index (κ1) is 25.6. The van der Waals surface area contributed by atoms with Crippen molar-refractivity contribution in [2.24, 2.45) is 0 Å². The van der Waals surface area contributed by atoms with Gasteiger partial charge >= 0.3 is 0 Å². The number of rotatable bonds is 11. The lowest BCUT2D eigenvalue weighted by Gasteiger charge is -2.22. The van der Waals surface area contributed by atoms with Gasteiger partial charge in [0.15, 0.2) is 0 Å². The topological polar surface area (TPSA) is 95.2 Å². The summed E-state index contributed by atoms with van der Waals surface area (Å²) in [7, 11) is -3.60. The summed E-state index contributed by atoms with van der Waals surface area (Å²) in [5, 5.41) is 2.90. The molecule has 3 aromatic carbocycles. The molecule has 4 aromatic rings. The summed E-state index contributed by atoms with van der Waals surface area (Å²) in [6, 6.07) is 21.4. The molecular formula is C28H32N4O3S. The molecule has 0 saturated carbocycles. The number of carbonyl (C=O) groups is 1. The highest BCUT2D eigenvalue weighted by Gasteiger charge is 2.23. The van der Waals surface area contributed by atoms with Gasteiger partial charge in [0.05, 0.1) is 15.9 Å². The molecule has 0 spiro atoms. The zero-order valence-electron chi connectivity index (χ0n) is 20.7. The number of hydrogen-bond acceptors (Lipinski definition) is 4. The van der Waals surface area contributed by atoms with Gasteiger partial charge in [-0.25, -0.2) is 13.4 Å². The van der Waals surface area contributed by atoms with E-state index >= 15 is 0 Å². The minimum absolute atomic E-state index is 0.207. The van der Waals surface area contributed by atoms with Gasteiger partial charge in [0.1, 0.15) is 5.82 Å². The Morgan fingerprint density at radius 1 is 0.917 bits per heavy atom. The molecule has 36 heavy (non-hydrogen) atoms. The van der Waals surface area contributed by atoms with E-state index in [-0.39, 0.29) is 10.8 Å². The molecule has 7 nitrogen and oxygen atoms in total. The van der Waals surface area contributed by atoms with Gasteiger partial charge in [-0.3, -0.25) is 4.79 Å². The van der Waals surface area contributed by atoms with Crippen LogP contribution in [0.15, 0.2) is 77.7 Å². The number of aromatic amines is 1. The number of nitrogens with zero attached hydrogens (tertiary/aromatic N) is 2. The second-order valence-corrected chi connectivity index (χ2v) is 10.7. The van der Waals surface area contributed by atoms with Crippen LogP contribution in [0.1, 0.15) is 49.9 Å². The van der Waals surface area contributed by atoms with Crippen molar-refractivity contribution in [3.8, 4) is 11.4 Å². The van der Waals surface area contributed by atoms with E-state index in [0.717, 1.165) is 48.1 Å². The molecule has 4 rings (SSSR count). The number of nitrogens with one attached hydrogen (secondary N) is 2. The van der Waals surface area contributed by atoms with Crippen molar-refractivity contribution in [1.29, 1.82) is 0 Å². The molecule has 0 aliphatic rings. The molecule has 8 heteroatoms. The van der Waals surface area contributed by atoms with Crippen molar-refractivity contribution in [3.05, 3.63) is 78.4 Å². The lowest BCUT2D eigenvalue weighted by molar-refractivity contribution is 0.102. The number of benzene rings is 3. The Bertz CT molecular complexity index is 1390. The maximum atomic E-state index is 13.2. The largest absolute Gasteiger partial charge is 0.338 e. The van der Waals surface area contributed by atoms with Gasteiger partial charge in [-0.1, -0.05) is 51.0 Å². The van der Waals surface area contributed by atoms with Crippen molar-refractivity contribution in [1.82, 2.24) is 14.3 Å². The number of sulfonamides is 1. The zero-order valence-corrected chi connectivity index (χ0v) is 21.5. The number of aromatic nitrogens is 2. The third kappa shape index (κ3) is 5.83. The lowest BCUT2D eigenvalue weighted by atomic mass is 10.1. The third-order valence-electron chi connectivity index (χ3n) is 6.06. The molecule has 1 heterocycles. The highest BCUT2D eigenvalue weighted by Crippen LogP contribution is 2.24. The minimum atomic E-state index is -3.60. The summed E-state index contributed by atoms with van der Waals surface area (Å²) in [5.74, 6) is 0.409. The number of H-pyrrole nitrogens is 1. The molecule has 188 valence electrons. The third-order valence-corrected chi connectivity index (χ3v) is 7.97. The zero-order chi connectivity index (χ0) is 25.5. The average Bonchev–Trinajstić information content (AvgIpc) is 3.33. The highest BCUT2D eigenvalue weighted by molar-refractivity contribution is 7.89. The predicted molar refractivity (Wildman–Crippen MR) is 144 cm³/mol. The first-order chi connectivity index (χ1) is 17.4. The van der Waals surface area contributed by atoms with Crippen LogP contribution in [0.25, 0.3) is 22.4 Å². The summed E-state index contributed by atoms with van der Waals surface area (Å²) in [5.41, 5.74) is 3.68. The van der Waals surface area contributed by atoms with Gasteiger partial charge in [-0.2, -0.15) is 4.31 Å². The fourth-order valence-corrected chi connectivity index (χ4v) is 5.50. The SMILES string of the molecule is CCCCN(CCCC)S(=O)(=O)c1ccc(C(=O)Nc2cccc(-c3nc4ccccc4[nH]3)c2)cc1. The Hall–Kier alpha value is -3.49. The Morgan fingerprint density at radius 3 is 2.28 bits per heavy atom. The fraction of sp³-hybridized carbons (Fsp3) is 0.286. The number of unbranched alkanes of at least 4 members (excludes halogenated alkanes) is 2. The van der Waals surface area contributed by atoms with Gasteiger partial charge in [0, 0.05) is 29.9 Å². The Labute approximate surface area is 212 Å². The molecule has 1 amide bonds. The molecule has 2 N–H and O–H groups in total. The van der Waals surface area contributed by atoms with Crippen LogP contribution < -0.4 is 5.32 Å². The first-order valence-corrected chi connectivity index (χ1v) is 13.8. The number of amides is 1. The molecule has 0 radical (unpaired) electrons. The minimum Gasteiger partial charge on any atom is -0.338 e. The summed E-state index contributed by atoms with van der Waals surface area (Å²) < 4.78 is 27.9. The number of hydrogen-bond donors (Lipinski definition) is 2. The smallest absolute Gasteiger partial charge is 0.255 e. The first-order valence-electron chi connectivity index (χ1n) is 12.4. The van der Waals surface area contributed by atoms with Crippen molar-refractivity contribution < 1.29 is 13.2 Å². The van der Waals surface area contributed by atoms with Gasteiger partial charge in [0.25, 0.3) is 5.91 Å². The summed E-state index contributed by atoms with van der Waals surface area (Å²) in [6.07, 6.45) is 3.48. The van der Waals surface area contributed by atoms with E-state index in [2.05, 4.69) is 15.3 Å². The fourth-order valence-electron chi connectivity index (χ4n) is 3.99. The lowest BCUT2D eigenvalue weighted by Crippen LogP contribution is -2.33. The van der Waals surface area contributed by atoms with Crippen LogP contribution in [0, 0.1) is 0 Å². The second-order valence-electron chi connectivity index (χ2n) is 8.77. The number of carbonyl (C=O) groups excluding carboxylic acids is 1. The predicted octanol–water partition coefficient (Wildman–Crippen LogP) is 6.07. The highest BCUT2D eigenvalue weighted by atomic mass is 32.2. The molecule has 0 aliphatic carbocycles. The van der Waals surface area contributed by atoms with E-state index in [9.17, 15) is 13.2 Å². The van der Waals surface area contributed by atoms with Crippen LogP contribution in [0.4, 0.5) is 5.69 Å². The molecule has 0 unspecified atom stereocenters. The number of para-hydroxylation sites is 2. The molecule has 0 atom stereocenters. The van der Waals surface area contributed by atoms with E-state index in [1.54, 1.807) is 16.4 Å². The summed E-state index contributed by atoms with van der Waals surface area (Å²) in [6.45, 7) is 5.10. The monoisotopic (exact) mass is 504 g/mol. The standard InChI is InChI=1S/C28H32N4O3S/c1-3-5-18-32(19-6-4-2)36(34,35)24-16-14-21(15-17-24)28(33)29-23-11-9-10-22(20-23)27-30-25-12-7-8-13-26(25)31-27/h7-17,20H,3-6,18-19H2,1-2H3,(H,29,33)(H,30,31). The van der Waals surface area contributed by atoms with Crippen LogP contribution in [0.2, 0.25) is 0 Å². The Kier molecular flexibility index (Phi) is 8.18. The van der Waals surface area contributed by atoms with Gasteiger partial charge in [0.2, 0.25) is 10.0 Å². The Balaban J connectivity index is 1.48. The summed E-state index contributed by atoms with van der Waals surface area (Å²) >= 11 is 0. The quantitative estimate of drug-likeness (QED) is 0.259. The molecule has 0 fully saturated rings. The average molecular weight is 505 g/mol. The molecule has 0 saturated heterocycles. The van der Waals surface area contributed by atoms with Crippen molar-refractivity contribution in [3.63, 3.8) is 0 Å². The van der Waals surface area contributed by atoms with E-state index in [1.165, 1.54) is 12.1 Å². The van der Waals surface area contributed by atoms with E-state index in [4.69, 9.17) is 0 Å². The maximum Gasteiger partial charge on any atom is 0.255 e. The van der Waals surface area contributed by atoms with Crippen molar-refractivity contribution >= 4 is 32.7 Å². The number of anilines is 1. The van der Waals surface area contributed by atoms with Crippen molar-refractivity contribution in [2.75, 3.05) is 18.4 Å². The van der Waals surface area contributed by atoms with E-state index in [1.807, 2.05) is 62.4 Å². The molecular weight excluding hydrogens is 472 g/mol. The normalized spacial score (nSPS) is 11.8. The van der Waals surface area contributed by atoms with Crippen LogP contribution in [-0.4, -0.2) is 41.7 Å². The molecule has 0 aliphatic heterocycles.